The fraction of sp³-hybridized carbons (Fsp3) is 0.0980. The average Bonchev–Trinajstić information content (AvgIpc) is 3.59. The first-order valence-corrected chi connectivity index (χ1v) is 19.2. The van der Waals surface area contributed by atoms with E-state index in [0.29, 0.717) is 5.92 Å². The van der Waals surface area contributed by atoms with E-state index < -0.39 is 0 Å². The van der Waals surface area contributed by atoms with Crippen LogP contribution < -0.4 is 10.6 Å². The number of benzene rings is 8. The van der Waals surface area contributed by atoms with Crippen LogP contribution in [0.1, 0.15) is 30.6 Å². The number of rotatable bonds is 4. The molecule has 0 fully saturated rings. The van der Waals surface area contributed by atoms with Crippen LogP contribution in [0.5, 0.6) is 0 Å². The minimum Gasteiger partial charge on any atom is -0.366 e. The third-order valence-electron chi connectivity index (χ3n) is 11.9. The number of hydrogen-bond donors (Lipinski definition) is 2. The molecule has 1 aliphatic carbocycles. The Hall–Kier alpha value is -6.42. The van der Waals surface area contributed by atoms with E-state index in [1.54, 1.807) is 0 Å². The number of hydrogen-bond acceptors (Lipinski definition) is 2. The highest BCUT2D eigenvalue weighted by Crippen LogP contribution is 2.46. The molecule has 0 amide bonds. The number of para-hydroxylation sites is 1. The molecule has 8 aromatic carbocycles. The van der Waals surface area contributed by atoms with Crippen LogP contribution in [-0.4, -0.2) is 10.6 Å². The summed E-state index contributed by atoms with van der Waals surface area (Å²) in [7, 11) is 0. The number of nitrogens with zero attached hydrogens (tertiary/aromatic N) is 1. The van der Waals surface area contributed by atoms with Gasteiger partial charge < -0.3 is 9.88 Å². The van der Waals surface area contributed by atoms with Crippen molar-refractivity contribution < 1.29 is 0 Å². The van der Waals surface area contributed by atoms with E-state index in [2.05, 4.69) is 198 Å². The Labute approximate surface area is 314 Å². The van der Waals surface area contributed by atoms with Crippen LogP contribution in [0.15, 0.2) is 182 Å². The molecule has 2 aliphatic rings. The number of nitrogens with one attached hydrogen (secondary N) is 2. The highest BCUT2D eigenvalue weighted by atomic mass is 15.2. The van der Waals surface area contributed by atoms with Crippen molar-refractivity contribution in [2.24, 2.45) is 5.92 Å². The summed E-state index contributed by atoms with van der Waals surface area (Å²) in [5.41, 5.74) is 8.77. The SMILES string of the molecule is CC1CC=C(C2C=C(c3ccccc3)NC(c3cccc4ccccc34)N2)C=C1n1c2ccccc2c2c3c4ccccc4ccc3c3ccccc3c21. The summed E-state index contributed by atoms with van der Waals surface area (Å²) in [6.45, 7) is 2.39. The Morgan fingerprint density at radius 1 is 0.556 bits per heavy atom. The lowest BCUT2D eigenvalue weighted by atomic mass is 9.88. The summed E-state index contributed by atoms with van der Waals surface area (Å²) in [6, 6.07) is 57.6. The van der Waals surface area contributed by atoms with Crippen molar-refractivity contribution >= 4 is 76.3 Å². The van der Waals surface area contributed by atoms with Crippen molar-refractivity contribution in [2.75, 3.05) is 0 Å². The van der Waals surface area contributed by atoms with Gasteiger partial charge in [0.15, 0.2) is 0 Å². The Morgan fingerprint density at radius 2 is 1.22 bits per heavy atom. The first-order chi connectivity index (χ1) is 26.7. The second-order valence-corrected chi connectivity index (χ2v) is 15.0. The van der Waals surface area contributed by atoms with Gasteiger partial charge in [0.1, 0.15) is 6.17 Å². The van der Waals surface area contributed by atoms with Gasteiger partial charge in [-0.2, -0.15) is 0 Å². The Kier molecular flexibility index (Phi) is 7.11. The second kappa shape index (κ2) is 12.3. The molecule has 3 unspecified atom stereocenters. The molecule has 0 radical (unpaired) electrons. The van der Waals surface area contributed by atoms with Crippen molar-refractivity contribution in [3.63, 3.8) is 0 Å². The molecule has 0 saturated carbocycles. The minimum atomic E-state index is -0.0739. The fourth-order valence-electron chi connectivity index (χ4n) is 9.31. The van der Waals surface area contributed by atoms with Crippen LogP contribution in [0.4, 0.5) is 0 Å². The van der Waals surface area contributed by atoms with Crippen molar-refractivity contribution in [2.45, 2.75) is 25.6 Å². The van der Waals surface area contributed by atoms with E-state index in [9.17, 15) is 0 Å². The quantitative estimate of drug-likeness (QED) is 0.180. The van der Waals surface area contributed by atoms with Gasteiger partial charge in [-0.3, -0.25) is 5.32 Å². The van der Waals surface area contributed by atoms with Crippen LogP contribution >= 0.6 is 0 Å². The summed E-state index contributed by atoms with van der Waals surface area (Å²) in [5, 5.41) is 20.9. The number of aromatic nitrogens is 1. The van der Waals surface area contributed by atoms with E-state index >= 15 is 0 Å². The third-order valence-corrected chi connectivity index (χ3v) is 11.9. The normalized spacial score (nSPS) is 19.0. The van der Waals surface area contributed by atoms with Gasteiger partial charge in [0.25, 0.3) is 0 Å². The lowest BCUT2D eigenvalue weighted by Gasteiger charge is -2.35. The van der Waals surface area contributed by atoms with E-state index in [1.807, 2.05) is 0 Å². The molecular weight excluding hydrogens is 655 g/mol. The zero-order valence-corrected chi connectivity index (χ0v) is 30.1. The third kappa shape index (κ3) is 4.79. The fourth-order valence-corrected chi connectivity index (χ4v) is 9.31. The summed E-state index contributed by atoms with van der Waals surface area (Å²) in [6.07, 6.45) is 8.22. The molecule has 11 rings (SSSR count). The van der Waals surface area contributed by atoms with Gasteiger partial charge in [0.2, 0.25) is 0 Å². The average molecular weight is 694 g/mol. The second-order valence-electron chi connectivity index (χ2n) is 15.0. The topological polar surface area (TPSA) is 29.0 Å². The maximum Gasteiger partial charge on any atom is 0.105 e. The van der Waals surface area contributed by atoms with Gasteiger partial charge in [-0.1, -0.05) is 165 Å². The molecule has 1 aromatic heterocycles. The molecule has 2 N–H and O–H groups in total. The standard InChI is InChI=1S/C51H39N3/c1-32-26-27-36(45-31-44(35-16-3-2-4-17-35)52-51(53-45)42-24-13-18-33-14-5-7-19-37(33)42)30-47(32)54-46-25-12-11-23-43(46)49-48-38-20-8-6-15-34(38)28-29-40(48)39-21-9-10-22-41(39)50(49)54/h2-25,27-32,45,51-53H,26H2,1H3. The van der Waals surface area contributed by atoms with Gasteiger partial charge >= 0.3 is 0 Å². The van der Waals surface area contributed by atoms with Crippen molar-refractivity contribution in [3.8, 4) is 0 Å². The predicted molar refractivity (Wildman–Crippen MR) is 229 cm³/mol. The molecule has 54 heavy (non-hydrogen) atoms. The maximum absolute atomic E-state index is 4.05. The van der Waals surface area contributed by atoms with Crippen LogP contribution in [0.3, 0.4) is 0 Å². The predicted octanol–water partition coefficient (Wildman–Crippen LogP) is 12.5. The van der Waals surface area contributed by atoms with Gasteiger partial charge in [0.05, 0.1) is 17.1 Å². The zero-order valence-electron chi connectivity index (χ0n) is 30.1. The summed E-state index contributed by atoms with van der Waals surface area (Å²) < 4.78 is 2.61. The number of allylic oxidation sites excluding steroid dienone is 2. The van der Waals surface area contributed by atoms with E-state index in [0.717, 1.165) is 12.1 Å². The summed E-state index contributed by atoms with van der Waals surface area (Å²) in [5.74, 6) is 0.322. The first kappa shape index (κ1) is 31.1. The van der Waals surface area contributed by atoms with Gasteiger partial charge in [0, 0.05) is 38.9 Å². The zero-order chi connectivity index (χ0) is 35.8. The summed E-state index contributed by atoms with van der Waals surface area (Å²) >= 11 is 0. The molecule has 3 nitrogen and oxygen atoms in total. The monoisotopic (exact) mass is 693 g/mol. The maximum atomic E-state index is 4.05. The van der Waals surface area contributed by atoms with Crippen molar-refractivity contribution in [1.82, 2.24) is 15.2 Å². The molecule has 3 heteroatoms. The van der Waals surface area contributed by atoms with Crippen LogP contribution in [0.25, 0.3) is 76.3 Å². The van der Waals surface area contributed by atoms with E-state index in [4.69, 9.17) is 0 Å². The molecule has 0 saturated heterocycles. The lowest BCUT2D eigenvalue weighted by molar-refractivity contribution is 0.464. The first-order valence-electron chi connectivity index (χ1n) is 19.2. The van der Waals surface area contributed by atoms with E-state index in [1.165, 1.54) is 87.3 Å². The molecular formula is C51H39N3. The van der Waals surface area contributed by atoms with Gasteiger partial charge in [-0.15, -0.1) is 0 Å². The van der Waals surface area contributed by atoms with Crippen molar-refractivity contribution in [3.05, 3.63) is 193 Å². The molecule has 0 bridgehead atoms. The lowest BCUT2D eigenvalue weighted by Crippen LogP contribution is -2.44. The molecule has 9 aromatic rings. The van der Waals surface area contributed by atoms with Crippen molar-refractivity contribution in [1.29, 1.82) is 0 Å². The van der Waals surface area contributed by atoms with Crippen LogP contribution in [0.2, 0.25) is 0 Å². The van der Waals surface area contributed by atoms with Gasteiger partial charge in [-0.05, 0) is 73.7 Å². The molecule has 0 spiro atoms. The minimum absolute atomic E-state index is 0.00235. The highest BCUT2D eigenvalue weighted by Gasteiger charge is 2.29. The van der Waals surface area contributed by atoms with Gasteiger partial charge in [-0.25, -0.2) is 0 Å². The summed E-state index contributed by atoms with van der Waals surface area (Å²) in [4.78, 5) is 0. The van der Waals surface area contributed by atoms with E-state index in [-0.39, 0.29) is 12.2 Å². The number of fused-ring (bicyclic) bond motifs is 11. The Morgan fingerprint density at radius 3 is 2.06 bits per heavy atom. The molecule has 1 aliphatic heterocycles. The largest absolute Gasteiger partial charge is 0.366 e. The highest BCUT2D eigenvalue weighted by molar-refractivity contribution is 6.37. The molecule has 258 valence electrons. The Bertz CT molecular complexity index is 3050. The van der Waals surface area contributed by atoms with Crippen LogP contribution in [-0.2, 0) is 0 Å². The smallest absolute Gasteiger partial charge is 0.105 e. The van der Waals surface area contributed by atoms with Crippen LogP contribution in [0, 0.1) is 5.92 Å². The molecule has 3 atom stereocenters. The molecule has 2 heterocycles. The Balaban J connectivity index is 1.14.